The number of amides is 1. The van der Waals surface area contributed by atoms with E-state index in [2.05, 4.69) is 10.3 Å². The zero-order valence-corrected chi connectivity index (χ0v) is 11.9. The van der Waals surface area contributed by atoms with Crippen molar-refractivity contribution in [3.8, 4) is 0 Å². The van der Waals surface area contributed by atoms with Crippen molar-refractivity contribution in [2.75, 3.05) is 5.32 Å². The number of pyridine rings is 1. The van der Waals surface area contributed by atoms with Crippen molar-refractivity contribution in [2.24, 2.45) is 0 Å². The van der Waals surface area contributed by atoms with Gasteiger partial charge in [-0.15, -0.1) is 0 Å². The summed E-state index contributed by atoms with van der Waals surface area (Å²) in [6, 6.07) is 1.34. The molecule has 1 aromatic rings. The Morgan fingerprint density at radius 2 is 2.15 bits per heavy atom. The molecule has 20 heavy (non-hydrogen) atoms. The van der Waals surface area contributed by atoms with Gasteiger partial charge in [0.15, 0.2) is 5.82 Å². The second kappa shape index (κ2) is 5.01. The molecule has 0 aromatic carbocycles. The molecule has 1 heterocycles. The van der Waals surface area contributed by atoms with E-state index >= 15 is 0 Å². The molecular weight excluding hydrogens is 263 g/mol. The molecule has 0 bridgehead atoms. The summed E-state index contributed by atoms with van der Waals surface area (Å²) in [5.41, 5.74) is -1.93. The van der Waals surface area contributed by atoms with Gasteiger partial charge in [0.1, 0.15) is 16.9 Å². The van der Waals surface area contributed by atoms with Crippen LogP contribution in [0.4, 0.5) is 14.9 Å². The van der Waals surface area contributed by atoms with Gasteiger partial charge in [0.2, 0.25) is 0 Å². The van der Waals surface area contributed by atoms with Crippen LogP contribution in [0, 0.1) is 5.82 Å². The summed E-state index contributed by atoms with van der Waals surface area (Å²) in [6.45, 7) is 5.16. The maximum Gasteiger partial charge on any atom is 0.412 e. The van der Waals surface area contributed by atoms with Crippen molar-refractivity contribution in [3.05, 3.63) is 23.8 Å². The molecule has 110 valence electrons. The fraction of sp³-hybridized carbons (Fsp3) is 0.571. The van der Waals surface area contributed by atoms with E-state index in [4.69, 9.17) is 4.74 Å². The lowest BCUT2D eigenvalue weighted by molar-refractivity contribution is -0.0456. The number of nitrogens with zero attached hydrogens (tertiary/aromatic N) is 1. The highest BCUT2D eigenvalue weighted by atomic mass is 19.1. The summed E-state index contributed by atoms with van der Waals surface area (Å²) in [6.07, 6.45) is 2.41. The molecule has 2 N–H and O–H groups in total. The van der Waals surface area contributed by atoms with Gasteiger partial charge in [0.25, 0.3) is 0 Å². The molecule has 6 heteroatoms. The van der Waals surface area contributed by atoms with Gasteiger partial charge in [-0.3, -0.25) is 10.3 Å². The number of carbonyl (C=O) groups is 1. The predicted molar refractivity (Wildman–Crippen MR) is 71.8 cm³/mol. The maximum absolute atomic E-state index is 14.3. The first-order chi connectivity index (χ1) is 9.21. The second-order valence-electron chi connectivity index (χ2n) is 6.03. The summed E-state index contributed by atoms with van der Waals surface area (Å²) >= 11 is 0. The number of ether oxygens (including phenoxy) is 1. The van der Waals surface area contributed by atoms with Crippen LogP contribution in [0.15, 0.2) is 12.3 Å². The highest BCUT2D eigenvalue weighted by Crippen LogP contribution is 2.42. The molecule has 1 saturated carbocycles. The molecule has 0 radical (unpaired) electrons. The minimum absolute atomic E-state index is 0.0164. The van der Waals surface area contributed by atoms with Crippen molar-refractivity contribution in [3.63, 3.8) is 0 Å². The second-order valence-corrected chi connectivity index (χ2v) is 6.03. The van der Waals surface area contributed by atoms with E-state index in [1.165, 1.54) is 12.3 Å². The number of halogens is 1. The monoisotopic (exact) mass is 282 g/mol. The van der Waals surface area contributed by atoms with Gasteiger partial charge in [-0.2, -0.15) is 0 Å². The van der Waals surface area contributed by atoms with E-state index in [9.17, 15) is 14.3 Å². The molecule has 1 amide bonds. The lowest BCUT2D eigenvalue weighted by Gasteiger charge is -2.36. The third-order valence-corrected chi connectivity index (χ3v) is 3.15. The smallest absolute Gasteiger partial charge is 0.412 e. The first-order valence-corrected chi connectivity index (χ1v) is 6.59. The molecule has 0 atom stereocenters. The average Bonchev–Trinajstić information content (AvgIpc) is 2.26. The number of nitrogens with one attached hydrogen (secondary N) is 1. The first kappa shape index (κ1) is 14.7. The standard InChI is InChI=1S/C14H19FN2O3/c1-13(2,3)20-12(18)17-9-5-8-16-11(10(9)15)14(19)6-4-7-14/h5,8,19H,4,6-7H2,1-3H3,(H,16,17,18). The molecule has 5 nitrogen and oxygen atoms in total. The summed E-state index contributed by atoms with van der Waals surface area (Å²) in [4.78, 5) is 15.5. The molecule has 2 rings (SSSR count). The van der Waals surface area contributed by atoms with E-state index in [0.29, 0.717) is 12.8 Å². The molecule has 1 aliphatic carbocycles. The largest absolute Gasteiger partial charge is 0.444 e. The zero-order valence-electron chi connectivity index (χ0n) is 11.9. The van der Waals surface area contributed by atoms with Gasteiger partial charge in [-0.05, 0) is 46.1 Å². The Hall–Kier alpha value is -1.69. The Morgan fingerprint density at radius 3 is 2.65 bits per heavy atom. The minimum atomic E-state index is -1.21. The Bertz CT molecular complexity index is 522. The first-order valence-electron chi connectivity index (χ1n) is 6.59. The van der Waals surface area contributed by atoms with Crippen molar-refractivity contribution in [2.45, 2.75) is 51.2 Å². The zero-order chi connectivity index (χ0) is 15.0. The van der Waals surface area contributed by atoms with E-state index < -0.39 is 23.1 Å². The lowest BCUT2D eigenvalue weighted by atomic mass is 9.77. The number of hydrogen-bond donors (Lipinski definition) is 2. The van der Waals surface area contributed by atoms with Crippen LogP contribution in [0.2, 0.25) is 0 Å². The van der Waals surface area contributed by atoms with E-state index in [-0.39, 0.29) is 11.4 Å². The van der Waals surface area contributed by atoms with Crippen molar-refractivity contribution >= 4 is 11.8 Å². The van der Waals surface area contributed by atoms with Crippen molar-refractivity contribution in [1.82, 2.24) is 4.98 Å². The number of aromatic nitrogens is 1. The maximum atomic E-state index is 14.3. The van der Waals surface area contributed by atoms with Crippen molar-refractivity contribution in [1.29, 1.82) is 0 Å². The van der Waals surface area contributed by atoms with Gasteiger partial charge in [-0.1, -0.05) is 0 Å². The Balaban J connectivity index is 2.17. The highest BCUT2D eigenvalue weighted by Gasteiger charge is 2.40. The number of aliphatic hydroxyl groups is 1. The number of hydrogen-bond acceptors (Lipinski definition) is 4. The summed E-state index contributed by atoms with van der Waals surface area (Å²) in [5.74, 6) is -0.708. The average molecular weight is 282 g/mol. The molecule has 0 saturated heterocycles. The van der Waals surface area contributed by atoms with Crippen LogP contribution in [0.1, 0.15) is 45.7 Å². The Kier molecular flexibility index (Phi) is 3.69. The van der Waals surface area contributed by atoms with Crippen molar-refractivity contribution < 1.29 is 19.0 Å². The third kappa shape index (κ3) is 3.07. The quantitative estimate of drug-likeness (QED) is 0.874. The van der Waals surface area contributed by atoms with Crippen LogP contribution in [-0.2, 0) is 10.3 Å². The Labute approximate surface area is 117 Å². The molecule has 0 unspecified atom stereocenters. The molecule has 0 aliphatic heterocycles. The van der Waals surface area contributed by atoms with Crippen LogP contribution in [0.3, 0.4) is 0 Å². The van der Waals surface area contributed by atoms with Crippen LogP contribution in [0.5, 0.6) is 0 Å². The van der Waals surface area contributed by atoms with Crippen LogP contribution in [0.25, 0.3) is 0 Å². The van der Waals surface area contributed by atoms with Crippen LogP contribution in [-0.4, -0.2) is 21.8 Å². The molecule has 1 aromatic heterocycles. The van der Waals surface area contributed by atoms with Gasteiger partial charge < -0.3 is 9.84 Å². The third-order valence-electron chi connectivity index (χ3n) is 3.15. The van der Waals surface area contributed by atoms with Gasteiger partial charge in [0.05, 0.1) is 5.69 Å². The van der Waals surface area contributed by atoms with Gasteiger partial charge >= 0.3 is 6.09 Å². The molecule has 0 spiro atoms. The highest BCUT2D eigenvalue weighted by molar-refractivity contribution is 5.85. The number of carbonyl (C=O) groups excluding carboxylic acids is 1. The Morgan fingerprint density at radius 1 is 1.50 bits per heavy atom. The molecule has 1 fully saturated rings. The lowest BCUT2D eigenvalue weighted by Crippen LogP contribution is -2.36. The van der Waals surface area contributed by atoms with E-state index in [1.807, 2.05) is 0 Å². The SMILES string of the molecule is CC(C)(C)OC(=O)Nc1ccnc(C2(O)CCC2)c1F. The van der Waals surface area contributed by atoms with Gasteiger partial charge in [-0.25, -0.2) is 9.18 Å². The van der Waals surface area contributed by atoms with E-state index in [0.717, 1.165) is 6.42 Å². The fourth-order valence-corrected chi connectivity index (χ4v) is 2.03. The fourth-order valence-electron chi connectivity index (χ4n) is 2.03. The predicted octanol–water partition coefficient (Wildman–Crippen LogP) is 2.94. The van der Waals surface area contributed by atoms with Crippen LogP contribution < -0.4 is 5.32 Å². The summed E-state index contributed by atoms with van der Waals surface area (Å²) in [7, 11) is 0. The van der Waals surface area contributed by atoms with Crippen LogP contribution >= 0.6 is 0 Å². The minimum Gasteiger partial charge on any atom is -0.444 e. The number of rotatable bonds is 2. The number of anilines is 1. The molecule has 1 aliphatic rings. The van der Waals surface area contributed by atoms with E-state index in [1.54, 1.807) is 20.8 Å². The summed E-state index contributed by atoms with van der Waals surface area (Å²) < 4.78 is 19.4. The molecular formula is C14H19FN2O3. The van der Waals surface area contributed by atoms with Gasteiger partial charge in [0, 0.05) is 6.20 Å². The normalized spacial score (nSPS) is 17.2. The summed E-state index contributed by atoms with van der Waals surface area (Å²) in [5, 5.41) is 12.5. The topological polar surface area (TPSA) is 71.5 Å².